The Hall–Kier alpha value is -3.03. The topological polar surface area (TPSA) is 105 Å². The van der Waals surface area contributed by atoms with E-state index in [1.807, 2.05) is 32.9 Å². The summed E-state index contributed by atoms with van der Waals surface area (Å²) >= 11 is 0. The molecule has 1 aliphatic heterocycles. The van der Waals surface area contributed by atoms with E-state index in [0.29, 0.717) is 36.6 Å². The zero-order valence-corrected chi connectivity index (χ0v) is 17.2. The zero-order chi connectivity index (χ0) is 20.6. The van der Waals surface area contributed by atoms with E-state index in [2.05, 4.69) is 26.7 Å². The van der Waals surface area contributed by atoms with Gasteiger partial charge in [0.2, 0.25) is 5.95 Å². The number of aromatic nitrogens is 2. The van der Waals surface area contributed by atoms with Crippen molar-refractivity contribution in [2.45, 2.75) is 58.2 Å². The molecule has 2 aromatic rings. The molecule has 2 aliphatic rings. The van der Waals surface area contributed by atoms with Crippen molar-refractivity contribution in [2.24, 2.45) is 0 Å². The first-order chi connectivity index (χ1) is 13.8. The van der Waals surface area contributed by atoms with Crippen molar-refractivity contribution in [3.63, 3.8) is 0 Å². The van der Waals surface area contributed by atoms with Gasteiger partial charge in [0.1, 0.15) is 5.60 Å². The molecule has 0 spiro atoms. The Morgan fingerprint density at radius 2 is 2.07 bits per heavy atom. The van der Waals surface area contributed by atoms with Crippen molar-refractivity contribution in [3.05, 3.63) is 35.5 Å². The van der Waals surface area contributed by atoms with Gasteiger partial charge in [0, 0.05) is 24.8 Å². The summed E-state index contributed by atoms with van der Waals surface area (Å²) in [5, 5.41) is 6.58. The van der Waals surface area contributed by atoms with E-state index in [9.17, 15) is 4.79 Å². The summed E-state index contributed by atoms with van der Waals surface area (Å²) in [6.07, 6.45) is 4.43. The molecule has 29 heavy (non-hydrogen) atoms. The molecule has 1 aromatic carbocycles. The van der Waals surface area contributed by atoms with Crippen LogP contribution in [0.2, 0.25) is 0 Å². The van der Waals surface area contributed by atoms with E-state index >= 15 is 0 Å². The lowest BCUT2D eigenvalue weighted by molar-refractivity contribution is 0.0224. The van der Waals surface area contributed by atoms with Crippen LogP contribution in [0.4, 0.5) is 27.9 Å². The molecule has 0 atom stereocenters. The first kappa shape index (κ1) is 19.3. The number of ether oxygens (including phenoxy) is 1. The molecule has 1 amide bonds. The minimum Gasteiger partial charge on any atom is -0.444 e. The predicted molar refractivity (Wildman–Crippen MR) is 113 cm³/mol. The largest absolute Gasteiger partial charge is 0.444 e. The number of rotatable bonds is 4. The molecule has 8 heteroatoms. The minimum absolute atomic E-state index is 0.267. The molecular weight excluding hydrogens is 368 g/mol. The van der Waals surface area contributed by atoms with Crippen LogP contribution in [-0.2, 0) is 17.7 Å². The van der Waals surface area contributed by atoms with Gasteiger partial charge >= 0.3 is 6.09 Å². The maximum atomic E-state index is 12.3. The van der Waals surface area contributed by atoms with Crippen molar-refractivity contribution in [3.8, 4) is 0 Å². The highest BCUT2D eigenvalue weighted by Gasteiger charge is 2.26. The summed E-state index contributed by atoms with van der Waals surface area (Å²) in [5.41, 5.74) is 9.28. The van der Waals surface area contributed by atoms with Crippen LogP contribution >= 0.6 is 0 Å². The highest BCUT2D eigenvalue weighted by Crippen LogP contribution is 2.28. The molecule has 0 saturated heterocycles. The van der Waals surface area contributed by atoms with Crippen LogP contribution < -0.4 is 16.4 Å². The Labute approximate surface area is 170 Å². The average Bonchev–Trinajstić information content (AvgIpc) is 3.47. The molecule has 8 nitrogen and oxygen atoms in total. The Bertz CT molecular complexity index is 920. The van der Waals surface area contributed by atoms with Crippen LogP contribution in [0, 0.1) is 0 Å². The van der Waals surface area contributed by atoms with Gasteiger partial charge in [-0.15, -0.1) is 0 Å². The smallest absolute Gasteiger partial charge is 0.410 e. The molecule has 1 saturated carbocycles. The molecule has 154 valence electrons. The maximum Gasteiger partial charge on any atom is 0.410 e. The van der Waals surface area contributed by atoms with Crippen LogP contribution in [0.5, 0.6) is 0 Å². The molecular formula is C21H28N6O2. The van der Waals surface area contributed by atoms with Gasteiger partial charge in [-0.05, 0) is 63.3 Å². The van der Waals surface area contributed by atoms with Gasteiger partial charge in [0.05, 0.1) is 11.9 Å². The van der Waals surface area contributed by atoms with E-state index in [1.165, 1.54) is 5.56 Å². The summed E-state index contributed by atoms with van der Waals surface area (Å²) in [6.45, 7) is 6.83. The molecule has 1 aliphatic carbocycles. The van der Waals surface area contributed by atoms with Gasteiger partial charge in [-0.2, -0.15) is 4.98 Å². The van der Waals surface area contributed by atoms with Crippen LogP contribution in [0.15, 0.2) is 24.4 Å². The highest BCUT2D eigenvalue weighted by atomic mass is 16.6. The number of hydrogen-bond donors (Lipinski definition) is 3. The second-order valence-corrected chi connectivity index (χ2v) is 8.68. The second kappa shape index (κ2) is 7.42. The zero-order valence-electron chi connectivity index (χ0n) is 17.2. The number of nitrogens with two attached hydrogens (primary N) is 1. The SMILES string of the molecule is CC(C)(C)OC(=O)N1CCc2cc(Nc3ncc(N)c(NC4CC4)n3)ccc2C1. The minimum atomic E-state index is -0.489. The van der Waals surface area contributed by atoms with E-state index in [1.54, 1.807) is 11.1 Å². The van der Waals surface area contributed by atoms with Crippen molar-refractivity contribution >= 4 is 29.2 Å². The molecule has 0 radical (unpaired) electrons. The fourth-order valence-electron chi connectivity index (χ4n) is 3.23. The number of carbonyl (C=O) groups excluding carboxylic acids is 1. The Balaban J connectivity index is 1.44. The quantitative estimate of drug-likeness (QED) is 0.724. The average molecular weight is 396 g/mol. The Morgan fingerprint density at radius 1 is 1.28 bits per heavy atom. The summed E-state index contributed by atoms with van der Waals surface area (Å²) in [4.78, 5) is 22.9. The van der Waals surface area contributed by atoms with E-state index < -0.39 is 5.60 Å². The molecule has 2 heterocycles. The molecule has 4 N–H and O–H groups in total. The summed E-state index contributed by atoms with van der Waals surface area (Å²) in [5.74, 6) is 1.18. The number of nitrogens with zero attached hydrogens (tertiary/aromatic N) is 3. The van der Waals surface area contributed by atoms with Crippen LogP contribution in [0.25, 0.3) is 0 Å². The van der Waals surface area contributed by atoms with Gasteiger partial charge in [-0.1, -0.05) is 6.07 Å². The van der Waals surface area contributed by atoms with E-state index in [4.69, 9.17) is 10.5 Å². The third-order valence-corrected chi connectivity index (χ3v) is 4.86. The normalized spacial score (nSPS) is 16.2. The molecule has 4 rings (SSSR count). The first-order valence-electron chi connectivity index (χ1n) is 10.0. The maximum absolute atomic E-state index is 12.3. The standard InChI is InChI=1S/C21H28N6O2/c1-21(2,3)29-20(28)27-9-8-13-10-16(5-4-14(13)12-27)25-19-23-11-17(22)18(26-19)24-15-6-7-15/h4-5,10-11,15H,6-9,12,22H2,1-3H3,(H2,23,24,25,26). The van der Waals surface area contributed by atoms with Crippen molar-refractivity contribution in [2.75, 3.05) is 22.9 Å². The third-order valence-electron chi connectivity index (χ3n) is 4.86. The number of nitrogens with one attached hydrogen (secondary N) is 2. The molecule has 1 fully saturated rings. The molecule has 0 bridgehead atoms. The van der Waals surface area contributed by atoms with Crippen molar-refractivity contribution < 1.29 is 9.53 Å². The second-order valence-electron chi connectivity index (χ2n) is 8.68. The van der Waals surface area contributed by atoms with Crippen LogP contribution in [0.3, 0.4) is 0 Å². The third kappa shape index (κ3) is 4.88. The van der Waals surface area contributed by atoms with Crippen LogP contribution in [0.1, 0.15) is 44.7 Å². The van der Waals surface area contributed by atoms with Gasteiger partial charge in [-0.3, -0.25) is 0 Å². The lowest BCUT2D eigenvalue weighted by Crippen LogP contribution is -2.39. The monoisotopic (exact) mass is 396 g/mol. The number of benzene rings is 1. The number of hydrogen-bond acceptors (Lipinski definition) is 7. The van der Waals surface area contributed by atoms with E-state index in [-0.39, 0.29) is 6.09 Å². The van der Waals surface area contributed by atoms with Gasteiger partial charge < -0.3 is 26.0 Å². The molecule has 0 unspecified atom stereocenters. The number of fused-ring (bicyclic) bond motifs is 1. The predicted octanol–water partition coefficient (Wildman–Crippen LogP) is 3.67. The van der Waals surface area contributed by atoms with Gasteiger partial charge in [0.15, 0.2) is 5.82 Å². The van der Waals surface area contributed by atoms with Gasteiger partial charge in [0.25, 0.3) is 0 Å². The summed E-state index contributed by atoms with van der Waals surface area (Å²) < 4.78 is 5.49. The van der Waals surface area contributed by atoms with Gasteiger partial charge in [-0.25, -0.2) is 9.78 Å². The van der Waals surface area contributed by atoms with Crippen molar-refractivity contribution in [1.29, 1.82) is 0 Å². The number of carbonyl (C=O) groups is 1. The van der Waals surface area contributed by atoms with Crippen LogP contribution in [-0.4, -0.2) is 39.1 Å². The molecule has 1 aromatic heterocycles. The highest BCUT2D eigenvalue weighted by molar-refractivity contribution is 5.69. The Morgan fingerprint density at radius 3 is 2.79 bits per heavy atom. The first-order valence-corrected chi connectivity index (χ1v) is 10.0. The van der Waals surface area contributed by atoms with Crippen molar-refractivity contribution in [1.82, 2.24) is 14.9 Å². The Kier molecular flexibility index (Phi) is 4.94. The fourth-order valence-corrected chi connectivity index (χ4v) is 3.23. The number of anilines is 4. The number of nitrogen functional groups attached to an aromatic ring is 1. The summed E-state index contributed by atoms with van der Waals surface area (Å²) in [7, 11) is 0. The lowest BCUT2D eigenvalue weighted by Gasteiger charge is -2.31. The fraction of sp³-hybridized carbons (Fsp3) is 0.476. The van der Waals surface area contributed by atoms with E-state index in [0.717, 1.165) is 30.5 Å². The number of amides is 1. The lowest BCUT2D eigenvalue weighted by atomic mass is 9.99. The summed E-state index contributed by atoms with van der Waals surface area (Å²) in [6, 6.07) is 6.58.